The van der Waals surface area contributed by atoms with E-state index in [1.807, 2.05) is 72.4 Å². The summed E-state index contributed by atoms with van der Waals surface area (Å²) < 4.78 is 7.31. The zero-order chi connectivity index (χ0) is 18.2. The standard InChI is InChI=1S/C19H21N5O2/c1-15-4-6-16(7-5-15)26-14-19(25)21-11-10-20-17-8-9-18(23-22-17)24-12-2-3-13-24/h2-9,12-13H,10-11,14H2,1H3,(H,20,22)(H,21,25). The van der Waals surface area contributed by atoms with Gasteiger partial charge in [0, 0.05) is 25.5 Å². The van der Waals surface area contributed by atoms with Gasteiger partial charge in [-0.2, -0.15) is 0 Å². The van der Waals surface area contributed by atoms with E-state index < -0.39 is 0 Å². The van der Waals surface area contributed by atoms with Gasteiger partial charge in [0.1, 0.15) is 11.6 Å². The summed E-state index contributed by atoms with van der Waals surface area (Å²) in [6.45, 7) is 3.02. The third kappa shape index (κ3) is 5.07. The first kappa shape index (κ1) is 17.5. The Bertz CT molecular complexity index is 814. The molecule has 26 heavy (non-hydrogen) atoms. The molecule has 0 aliphatic carbocycles. The number of benzene rings is 1. The summed E-state index contributed by atoms with van der Waals surface area (Å²) in [5.41, 5.74) is 1.15. The fourth-order valence-corrected chi connectivity index (χ4v) is 2.27. The van der Waals surface area contributed by atoms with Gasteiger partial charge in [-0.3, -0.25) is 4.79 Å². The number of carbonyl (C=O) groups is 1. The van der Waals surface area contributed by atoms with E-state index in [2.05, 4.69) is 20.8 Å². The van der Waals surface area contributed by atoms with Crippen molar-refractivity contribution in [2.75, 3.05) is 25.0 Å². The lowest BCUT2D eigenvalue weighted by atomic mass is 10.2. The Balaban J connectivity index is 1.34. The first-order valence-electron chi connectivity index (χ1n) is 8.38. The number of nitrogens with zero attached hydrogens (tertiary/aromatic N) is 3. The highest BCUT2D eigenvalue weighted by Gasteiger charge is 2.03. The number of carbonyl (C=O) groups excluding carboxylic acids is 1. The van der Waals surface area contributed by atoms with Crippen LogP contribution in [0.2, 0.25) is 0 Å². The molecule has 1 amide bonds. The summed E-state index contributed by atoms with van der Waals surface area (Å²) in [6, 6.07) is 15.2. The third-order valence-electron chi connectivity index (χ3n) is 3.66. The van der Waals surface area contributed by atoms with Crippen molar-refractivity contribution in [1.29, 1.82) is 0 Å². The van der Waals surface area contributed by atoms with Crippen LogP contribution in [0.5, 0.6) is 5.75 Å². The summed E-state index contributed by atoms with van der Waals surface area (Å²) in [5, 5.41) is 14.2. The largest absolute Gasteiger partial charge is 0.484 e. The first-order chi connectivity index (χ1) is 12.7. The summed E-state index contributed by atoms with van der Waals surface area (Å²) in [5.74, 6) is 1.93. The van der Waals surface area contributed by atoms with E-state index in [-0.39, 0.29) is 12.5 Å². The van der Waals surface area contributed by atoms with E-state index in [0.717, 1.165) is 11.4 Å². The molecular formula is C19H21N5O2. The number of amides is 1. The monoisotopic (exact) mass is 351 g/mol. The van der Waals surface area contributed by atoms with Gasteiger partial charge in [0.15, 0.2) is 12.4 Å². The van der Waals surface area contributed by atoms with Gasteiger partial charge in [-0.1, -0.05) is 17.7 Å². The highest BCUT2D eigenvalue weighted by atomic mass is 16.5. The van der Waals surface area contributed by atoms with Crippen molar-refractivity contribution < 1.29 is 9.53 Å². The lowest BCUT2D eigenvalue weighted by Gasteiger charge is -2.09. The van der Waals surface area contributed by atoms with E-state index in [4.69, 9.17) is 4.74 Å². The SMILES string of the molecule is Cc1ccc(OCC(=O)NCCNc2ccc(-n3cccc3)nn2)cc1. The van der Waals surface area contributed by atoms with Crippen molar-refractivity contribution >= 4 is 11.7 Å². The molecular weight excluding hydrogens is 330 g/mol. The molecule has 0 aliphatic heterocycles. The van der Waals surface area contributed by atoms with Crippen molar-refractivity contribution in [1.82, 2.24) is 20.1 Å². The molecule has 0 fully saturated rings. The Kier molecular flexibility index (Phi) is 5.82. The minimum absolute atomic E-state index is 0.00552. The maximum Gasteiger partial charge on any atom is 0.258 e. The molecule has 7 heteroatoms. The second kappa shape index (κ2) is 8.66. The van der Waals surface area contributed by atoms with E-state index in [0.29, 0.717) is 24.7 Å². The van der Waals surface area contributed by atoms with E-state index in [1.54, 1.807) is 0 Å². The Labute approximate surface area is 152 Å². The maximum absolute atomic E-state index is 11.8. The molecule has 0 saturated carbocycles. The lowest BCUT2D eigenvalue weighted by Crippen LogP contribution is -2.32. The average Bonchev–Trinajstić information content (AvgIpc) is 3.20. The minimum atomic E-state index is -0.165. The molecule has 0 radical (unpaired) electrons. The van der Waals surface area contributed by atoms with Crippen LogP contribution in [0, 0.1) is 6.92 Å². The van der Waals surface area contributed by atoms with Crippen LogP contribution in [0.1, 0.15) is 5.56 Å². The third-order valence-corrected chi connectivity index (χ3v) is 3.66. The van der Waals surface area contributed by atoms with Crippen molar-refractivity contribution in [3.8, 4) is 11.6 Å². The molecule has 2 heterocycles. The van der Waals surface area contributed by atoms with Crippen LogP contribution in [0.3, 0.4) is 0 Å². The van der Waals surface area contributed by atoms with Gasteiger partial charge < -0.3 is 19.9 Å². The number of rotatable bonds is 8. The second-order valence-corrected chi connectivity index (χ2v) is 5.75. The molecule has 1 aromatic carbocycles. The van der Waals surface area contributed by atoms with Crippen LogP contribution in [0.4, 0.5) is 5.82 Å². The number of nitrogens with one attached hydrogen (secondary N) is 2. The van der Waals surface area contributed by atoms with Gasteiger partial charge in [-0.15, -0.1) is 10.2 Å². The lowest BCUT2D eigenvalue weighted by molar-refractivity contribution is -0.123. The van der Waals surface area contributed by atoms with E-state index in [1.165, 1.54) is 0 Å². The quantitative estimate of drug-likeness (QED) is 0.608. The summed E-state index contributed by atoms with van der Waals surface area (Å²) in [6.07, 6.45) is 3.82. The van der Waals surface area contributed by atoms with Crippen molar-refractivity contribution in [2.24, 2.45) is 0 Å². The number of anilines is 1. The highest BCUT2D eigenvalue weighted by Crippen LogP contribution is 2.11. The fraction of sp³-hybridized carbons (Fsp3) is 0.211. The van der Waals surface area contributed by atoms with Crippen LogP contribution in [0.15, 0.2) is 60.9 Å². The number of ether oxygens (including phenoxy) is 1. The van der Waals surface area contributed by atoms with E-state index >= 15 is 0 Å². The fourth-order valence-electron chi connectivity index (χ4n) is 2.27. The van der Waals surface area contributed by atoms with Crippen LogP contribution < -0.4 is 15.4 Å². The number of aryl methyl sites for hydroxylation is 1. The predicted octanol–water partition coefficient (Wildman–Crippen LogP) is 2.18. The highest BCUT2D eigenvalue weighted by molar-refractivity contribution is 5.77. The molecule has 2 N–H and O–H groups in total. The molecule has 0 unspecified atom stereocenters. The molecule has 3 rings (SSSR count). The zero-order valence-corrected chi connectivity index (χ0v) is 14.6. The topological polar surface area (TPSA) is 81.1 Å². The molecule has 7 nitrogen and oxygen atoms in total. The number of hydrogen-bond acceptors (Lipinski definition) is 5. The number of hydrogen-bond donors (Lipinski definition) is 2. The van der Waals surface area contributed by atoms with Gasteiger partial charge in [0.25, 0.3) is 5.91 Å². The second-order valence-electron chi connectivity index (χ2n) is 5.75. The van der Waals surface area contributed by atoms with Crippen molar-refractivity contribution in [2.45, 2.75) is 6.92 Å². The van der Waals surface area contributed by atoms with Gasteiger partial charge in [0.2, 0.25) is 0 Å². The molecule has 134 valence electrons. The Morgan fingerprint density at radius 3 is 2.50 bits per heavy atom. The van der Waals surface area contributed by atoms with Crippen LogP contribution in [0.25, 0.3) is 5.82 Å². The maximum atomic E-state index is 11.8. The molecule has 0 atom stereocenters. The molecule has 0 bridgehead atoms. The Morgan fingerprint density at radius 2 is 1.81 bits per heavy atom. The zero-order valence-electron chi connectivity index (χ0n) is 14.6. The molecule has 0 aliphatic rings. The predicted molar refractivity (Wildman–Crippen MR) is 99.5 cm³/mol. The van der Waals surface area contributed by atoms with Crippen molar-refractivity contribution in [3.05, 3.63) is 66.5 Å². The van der Waals surface area contributed by atoms with Crippen LogP contribution >= 0.6 is 0 Å². The number of aromatic nitrogens is 3. The molecule has 2 aromatic heterocycles. The molecule has 0 spiro atoms. The summed E-state index contributed by atoms with van der Waals surface area (Å²) >= 11 is 0. The normalized spacial score (nSPS) is 10.3. The Hall–Kier alpha value is -3.35. The van der Waals surface area contributed by atoms with Crippen molar-refractivity contribution in [3.63, 3.8) is 0 Å². The minimum Gasteiger partial charge on any atom is -0.484 e. The molecule has 0 saturated heterocycles. The summed E-state index contributed by atoms with van der Waals surface area (Å²) in [7, 11) is 0. The van der Waals surface area contributed by atoms with Gasteiger partial charge in [-0.05, 0) is 43.3 Å². The van der Waals surface area contributed by atoms with Gasteiger partial charge >= 0.3 is 0 Å². The first-order valence-corrected chi connectivity index (χ1v) is 8.38. The summed E-state index contributed by atoms with van der Waals surface area (Å²) in [4.78, 5) is 11.8. The molecule has 3 aromatic rings. The van der Waals surface area contributed by atoms with Crippen LogP contribution in [-0.2, 0) is 4.79 Å². The van der Waals surface area contributed by atoms with Gasteiger partial charge in [-0.25, -0.2) is 0 Å². The smallest absolute Gasteiger partial charge is 0.258 e. The average molecular weight is 351 g/mol. The Morgan fingerprint density at radius 1 is 1.04 bits per heavy atom. The van der Waals surface area contributed by atoms with Crippen LogP contribution in [-0.4, -0.2) is 40.4 Å². The van der Waals surface area contributed by atoms with E-state index in [9.17, 15) is 4.79 Å². The van der Waals surface area contributed by atoms with Gasteiger partial charge in [0.05, 0.1) is 0 Å².